The number of nitrogens with two attached hydrogens (primary N) is 1. The molecule has 0 atom stereocenters. The van der Waals surface area contributed by atoms with E-state index in [0.29, 0.717) is 12.3 Å². The number of primary amides is 1. The lowest BCUT2D eigenvalue weighted by Gasteiger charge is -2.35. The number of amides is 1. The molecule has 9 heavy (non-hydrogen) atoms. The Bertz CT molecular complexity index is 118. The van der Waals surface area contributed by atoms with Crippen molar-refractivity contribution in [2.75, 3.05) is 20.1 Å². The van der Waals surface area contributed by atoms with E-state index in [4.69, 9.17) is 5.73 Å². The molecule has 0 radical (unpaired) electrons. The highest BCUT2D eigenvalue weighted by molar-refractivity contribution is 5.74. The van der Waals surface area contributed by atoms with Crippen molar-refractivity contribution in [2.24, 2.45) is 11.7 Å². The second-order valence-electron chi connectivity index (χ2n) is 2.76. The van der Waals surface area contributed by atoms with E-state index in [-0.39, 0.29) is 5.91 Å². The van der Waals surface area contributed by atoms with Gasteiger partial charge in [-0.15, -0.1) is 0 Å². The van der Waals surface area contributed by atoms with Gasteiger partial charge < -0.3 is 10.6 Å². The Kier molecular flexibility index (Phi) is 1.71. The van der Waals surface area contributed by atoms with Gasteiger partial charge in [-0.3, -0.25) is 4.79 Å². The molecule has 3 nitrogen and oxygen atoms in total. The minimum Gasteiger partial charge on any atom is -0.370 e. The molecular formula is C6H12N2O. The van der Waals surface area contributed by atoms with Crippen molar-refractivity contribution in [3.05, 3.63) is 0 Å². The van der Waals surface area contributed by atoms with Crippen LogP contribution in [0.1, 0.15) is 6.42 Å². The fourth-order valence-corrected chi connectivity index (χ4v) is 1.24. The normalized spacial score (nSPS) is 21.4. The van der Waals surface area contributed by atoms with E-state index >= 15 is 0 Å². The van der Waals surface area contributed by atoms with Gasteiger partial charge in [-0.25, -0.2) is 0 Å². The van der Waals surface area contributed by atoms with E-state index in [1.54, 1.807) is 0 Å². The van der Waals surface area contributed by atoms with Gasteiger partial charge in [-0.05, 0) is 13.0 Å². The highest BCUT2D eigenvalue weighted by Gasteiger charge is 2.24. The molecule has 1 aliphatic heterocycles. The van der Waals surface area contributed by atoms with Crippen LogP contribution in [0.2, 0.25) is 0 Å². The molecule has 0 aromatic rings. The van der Waals surface area contributed by atoms with Gasteiger partial charge in [-0.1, -0.05) is 0 Å². The van der Waals surface area contributed by atoms with Gasteiger partial charge in [0.2, 0.25) is 5.91 Å². The molecule has 0 spiro atoms. The third kappa shape index (κ3) is 1.68. The fourth-order valence-electron chi connectivity index (χ4n) is 1.24. The lowest BCUT2D eigenvalue weighted by Crippen LogP contribution is -2.45. The van der Waals surface area contributed by atoms with Crippen LogP contribution in [0.15, 0.2) is 0 Å². The Morgan fingerprint density at radius 2 is 2.33 bits per heavy atom. The van der Waals surface area contributed by atoms with E-state index in [1.165, 1.54) is 0 Å². The monoisotopic (exact) mass is 128 g/mol. The van der Waals surface area contributed by atoms with E-state index in [0.717, 1.165) is 13.1 Å². The van der Waals surface area contributed by atoms with Crippen LogP contribution in [-0.4, -0.2) is 30.9 Å². The summed E-state index contributed by atoms with van der Waals surface area (Å²) in [6, 6.07) is 0. The molecule has 1 rings (SSSR count). The van der Waals surface area contributed by atoms with Crippen LogP contribution in [0.4, 0.5) is 0 Å². The van der Waals surface area contributed by atoms with Crippen molar-refractivity contribution >= 4 is 5.91 Å². The zero-order chi connectivity index (χ0) is 6.85. The molecule has 1 saturated heterocycles. The topological polar surface area (TPSA) is 46.3 Å². The maximum Gasteiger partial charge on any atom is 0.217 e. The zero-order valence-electron chi connectivity index (χ0n) is 5.63. The Labute approximate surface area is 54.8 Å². The van der Waals surface area contributed by atoms with Gasteiger partial charge in [0.05, 0.1) is 0 Å². The van der Waals surface area contributed by atoms with Gasteiger partial charge >= 0.3 is 0 Å². The number of nitrogens with zero attached hydrogens (tertiary/aromatic N) is 1. The summed E-state index contributed by atoms with van der Waals surface area (Å²) in [6.45, 7) is 2.06. The zero-order valence-corrected chi connectivity index (χ0v) is 5.63. The van der Waals surface area contributed by atoms with Crippen molar-refractivity contribution in [3.8, 4) is 0 Å². The quantitative estimate of drug-likeness (QED) is 0.541. The number of rotatable bonds is 2. The van der Waals surface area contributed by atoms with Crippen LogP contribution in [0.3, 0.4) is 0 Å². The standard InChI is InChI=1S/C6H12N2O/c1-8-3-5(4-8)2-6(7)9/h5H,2-4H2,1H3,(H2,7,9). The first-order valence-electron chi connectivity index (χ1n) is 3.15. The molecule has 1 fully saturated rings. The summed E-state index contributed by atoms with van der Waals surface area (Å²) in [4.78, 5) is 12.5. The molecule has 3 heteroatoms. The molecule has 1 aliphatic rings. The summed E-state index contributed by atoms with van der Waals surface area (Å²) in [5.41, 5.74) is 4.99. The Hall–Kier alpha value is -0.570. The van der Waals surface area contributed by atoms with Crippen LogP contribution in [0, 0.1) is 5.92 Å². The molecule has 0 bridgehead atoms. The molecule has 0 aromatic heterocycles. The number of carbonyl (C=O) groups excluding carboxylic acids is 1. The van der Waals surface area contributed by atoms with Crippen molar-refractivity contribution in [1.29, 1.82) is 0 Å². The van der Waals surface area contributed by atoms with Crippen LogP contribution >= 0.6 is 0 Å². The van der Waals surface area contributed by atoms with E-state index in [1.807, 2.05) is 7.05 Å². The van der Waals surface area contributed by atoms with Crippen molar-refractivity contribution in [1.82, 2.24) is 4.90 Å². The lowest BCUT2D eigenvalue weighted by molar-refractivity contribution is -0.120. The maximum absolute atomic E-state index is 10.3. The van der Waals surface area contributed by atoms with Gasteiger partial charge in [-0.2, -0.15) is 0 Å². The van der Waals surface area contributed by atoms with Gasteiger partial charge in [0.15, 0.2) is 0 Å². The molecule has 52 valence electrons. The third-order valence-electron chi connectivity index (χ3n) is 1.63. The number of hydrogen-bond donors (Lipinski definition) is 1. The summed E-state index contributed by atoms with van der Waals surface area (Å²) in [6.07, 6.45) is 0.560. The summed E-state index contributed by atoms with van der Waals surface area (Å²) in [5, 5.41) is 0. The van der Waals surface area contributed by atoms with Crippen LogP contribution < -0.4 is 5.73 Å². The average molecular weight is 128 g/mol. The van der Waals surface area contributed by atoms with Gasteiger partial charge in [0, 0.05) is 19.5 Å². The number of hydrogen-bond acceptors (Lipinski definition) is 2. The van der Waals surface area contributed by atoms with Crippen molar-refractivity contribution in [2.45, 2.75) is 6.42 Å². The predicted molar refractivity (Wildman–Crippen MR) is 34.8 cm³/mol. The average Bonchev–Trinajstić information content (AvgIpc) is 1.60. The minimum atomic E-state index is -0.173. The molecule has 1 amide bonds. The van der Waals surface area contributed by atoms with Gasteiger partial charge in [0.1, 0.15) is 0 Å². The first kappa shape index (κ1) is 6.55. The largest absolute Gasteiger partial charge is 0.370 e. The molecule has 0 unspecified atom stereocenters. The van der Waals surface area contributed by atoms with E-state index < -0.39 is 0 Å². The van der Waals surface area contributed by atoms with Gasteiger partial charge in [0.25, 0.3) is 0 Å². The van der Waals surface area contributed by atoms with Crippen LogP contribution in [0.25, 0.3) is 0 Å². The van der Waals surface area contributed by atoms with Crippen LogP contribution in [-0.2, 0) is 4.79 Å². The van der Waals surface area contributed by atoms with Crippen LogP contribution in [0.5, 0.6) is 0 Å². The fraction of sp³-hybridized carbons (Fsp3) is 0.833. The first-order valence-corrected chi connectivity index (χ1v) is 3.15. The van der Waals surface area contributed by atoms with E-state index in [2.05, 4.69) is 4.90 Å². The molecule has 2 N–H and O–H groups in total. The smallest absolute Gasteiger partial charge is 0.217 e. The second-order valence-corrected chi connectivity index (χ2v) is 2.76. The Balaban J connectivity index is 2.11. The van der Waals surface area contributed by atoms with Crippen molar-refractivity contribution in [3.63, 3.8) is 0 Å². The first-order chi connectivity index (χ1) is 4.18. The van der Waals surface area contributed by atoms with E-state index in [9.17, 15) is 4.79 Å². The summed E-state index contributed by atoms with van der Waals surface area (Å²) in [5.74, 6) is 0.362. The van der Waals surface area contributed by atoms with Crippen molar-refractivity contribution < 1.29 is 4.79 Å². The molecule has 0 aliphatic carbocycles. The lowest BCUT2D eigenvalue weighted by atomic mass is 9.97. The molecule has 0 saturated carbocycles. The SMILES string of the molecule is CN1CC(CC(N)=O)C1. The molecule has 1 heterocycles. The molecule has 0 aromatic carbocycles. The summed E-state index contributed by atoms with van der Waals surface area (Å²) >= 11 is 0. The molecular weight excluding hydrogens is 116 g/mol. The minimum absolute atomic E-state index is 0.173. The number of carbonyl (C=O) groups is 1. The maximum atomic E-state index is 10.3. The highest BCUT2D eigenvalue weighted by atomic mass is 16.1. The predicted octanol–water partition coefficient (Wildman–Crippen LogP) is -0.577. The second kappa shape index (κ2) is 2.35. The Morgan fingerprint density at radius 1 is 1.78 bits per heavy atom. The summed E-state index contributed by atoms with van der Waals surface area (Å²) in [7, 11) is 2.04. The summed E-state index contributed by atoms with van der Waals surface area (Å²) < 4.78 is 0. The Morgan fingerprint density at radius 3 is 2.67 bits per heavy atom. The number of likely N-dealkylation sites (tertiary alicyclic amines) is 1. The highest BCUT2D eigenvalue weighted by Crippen LogP contribution is 2.15. The third-order valence-corrected chi connectivity index (χ3v) is 1.63.